The molecular formula is C12H12BrNS2. The van der Waals surface area contributed by atoms with Crippen molar-refractivity contribution in [1.82, 2.24) is 0 Å². The first-order valence-electron chi connectivity index (χ1n) is 4.87. The Morgan fingerprint density at radius 3 is 2.88 bits per heavy atom. The molecule has 1 nitrogen and oxygen atoms in total. The van der Waals surface area contributed by atoms with E-state index >= 15 is 0 Å². The number of thioether (sulfide) groups is 1. The molecule has 0 bridgehead atoms. The first-order chi connectivity index (χ1) is 7.66. The Balaban J connectivity index is 2.10. The molecule has 2 N–H and O–H groups in total. The lowest BCUT2D eigenvalue weighted by Crippen LogP contribution is -1.87. The van der Waals surface area contributed by atoms with Crippen LogP contribution in [-0.2, 0) is 5.75 Å². The number of nitrogen functional groups attached to an aromatic ring is 1. The van der Waals surface area contributed by atoms with Crippen LogP contribution in [0.3, 0.4) is 0 Å². The topological polar surface area (TPSA) is 26.0 Å². The lowest BCUT2D eigenvalue weighted by molar-refractivity contribution is 1.30. The van der Waals surface area contributed by atoms with Gasteiger partial charge in [-0.2, -0.15) is 0 Å². The Labute approximate surface area is 112 Å². The summed E-state index contributed by atoms with van der Waals surface area (Å²) >= 11 is 7.16. The average molecular weight is 314 g/mol. The maximum atomic E-state index is 5.79. The minimum Gasteiger partial charge on any atom is -0.399 e. The minimum absolute atomic E-state index is 0.832. The molecule has 0 atom stereocenters. The third-order valence-corrected chi connectivity index (χ3v) is 5.55. The third kappa shape index (κ3) is 2.81. The molecule has 16 heavy (non-hydrogen) atoms. The number of nitrogens with two attached hydrogens (primary N) is 1. The molecule has 0 saturated carbocycles. The highest BCUT2D eigenvalue weighted by atomic mass is 79.9. The van der Waals surface area contributed by atoms with Gasteiger partial charge in [0.05, 0.1) is 0 Å². The van der Waals surface area contributed by atoms with Crippen molar-refractivity contribution in [1.29, 1.82) is 0 Å². The minimum atomic E-state index is 0.832. The standard InChI is InChI=1S/C12H12BrNS2/c1-8-2-3-9(14)6-11(8)16-7-12-10(13)4-5-15-12/h2-6H,7,14H2,1H3. The van der Waals surface area contributed by atoms with E-state index in [4.69, 9.17) is 5.73 Å². The molecule has 2 rings (SSSR count). The van der Waals surface area contributed by atoms with Crippen LogP contribution < -0.4 is 5.73 Å². The fourth-order valence-electron chi connectivity index (χ4n) is 1.34. The van der Waals surface area contributed by atoms with Crippen LogP contribution in [0.4, 0.5) is 5.69 Å². The smallest absolute Gasteiger partial charge is 0.0337 e. The van der Waals surface area contributed by atoms with Gasteiger partial charge < -0.3 is 5.73 Å². The van der Waals surface area contributed by atoms with E-state index < -0.39 is 0 Å². The molecule has 0 aliphatic carbocycles. The summed E-state index contributed by atoms with van der Waals surface area (Å²) in [7, 11) is 0. The maximum Gasteiger partial charge on any atom is 0.0337 e. The zero-order valence-corrected chi connectivity index (χ0v) is 12.1. The van der Waals surface area contributed by atoms with Crippen molar-refractivity contribution in [3.05, 3.63) is 44.6 Å². The molecule has 0 amide bonds. The summed E-state index contributed by atoms with van der Waals surface area (Å²) in [6, 6.07) is 8.15. The predicted octanol–water partition coefficient (Wildman–Crippen LogP) is 4.69. The highest BCUT2D eigenvalue weighted by molar-refractivity contribution is 9.10. The van der Waals surface area contributed by atoms with Gasteiger partial charge in [0.25, 0.3) is 0 Å². The van der Waals surface area contributed by atoms with Crippen LogP contribution in [0.25, 0.3) is 0 Å². The van der Waals surface area contributed by atoms with E-state index in [0.717, 1.165) is 11.4 Å². The number of hydrogen-bond donors (Lipinski definition) is 1. The average Bonchev–Trinajstić information content (AvgIpc) is 2.66. The summed E-state index contributed by atoms with van der Waals surface area (Å²) in [4.78, 5) is 2.63. The van der Waals surface area contributed by atoms with Gasteiger partial charge in [-0.25, -0.2) is 0 Å². The second-order valence-corrected chi connectivity index (χ2v) is 6.38. The Bertz CT molecular complexity index is 494. The normalized spacial score (nSPS) is 10.6. The first kappa shape index (κ1) is 12.0. The Morgan fingerprint density at radius 1 is 1.38 bits per heavy atom. The molecule has 2 aromatic rings. The van der Waals surface area contributed by atoms with Crippen LogP contribution in [0.5, 0.6) is 0 Å². The van der Waals surface area contributed by atoms with E-state index in [1.807, 2.05) is 23.9 Å². The van der Waals surface area contributed by atoms with Crippen LogP contribution in [0, 0.1) is 6.92 Å². The van der Waals surface area contributed by atoms with E-state index in [0.29, 0.717) is 0 Å². The second kappa shape index (κ2) is 5.25. The van der Waals surface area contributed by atoms with E-state index in [-0.39, 0.29) is 0 Å². The number of hydrogen-bond acceptors (Lipinski definition) is 3. The summed E-state index contributed by atoms with van der Waals surface area (Å²) in [5, 5.41) is 2.10. The molecule has 0 radical (unpaired) electrons. The molecular weight excluding hydrogens is 302 g/mol. The van der Waals surface area contributed by atoms with Crippen molar-refractivity contribution >= 4 is 44.7 Å². The van der Waals surface area contributed by atoms with Gasteiger partial charge in [0.2, 0.25) is 0 Å². The van der Waals surface area contributed by atoms with Crippen molar-refractivity contribution in [2.24, 2.45) is 0 Å². The summed E-state index contributed by atoms with van der Waals surface area (Å²) < 4.78 is 1.20. The molecule has 0 aliphatic rings. The molecule has 84 valence electrons. The largest absolute Gasteiger partial charge is 0.399 e. The number of benzene rings is 1. The van der Waals surface area contributed by atoms with E-state index in [1.54, 1.807) is 11.3 Å². The summed E-state index contributed by atoms with van der Waals surface area (Å²) in [6.45, 7) is 2.12. The number of rotatable bonds is 3. The monoisotopic (exact) mass is 313 g/mol. The molecule has 0 aliphatic heterocycles. The van der Waals surface area contributed by atoms with Crippen LogP contribution >= 0.6 is 39.0 Å². The zero-order chi connectivity index (χ0) is 11.5. The van der Waals surface area contributed by atoms with E-state index in [2.05, 4.69) is 40.4 Å². The van der Waals surface area contributed by atoms with E-state index in [1.165, 1.54) is 19.8 Å². The molecule has 0 spiro atoms. The van der Waals surface area contributed by atoms with Gasteiger partial charge in [0.1, 0.15) is 0 Å². The Kier molecular flexibility index (Phi) is 3.95. The van der Waals surface area contributed by atoms with Crippen LogP contribution in [0.1, 0.15) is 10.4 Å². The highest BCUT2D eigenvalue weighted by Crippen LogP contribution is 2.32. The van der Waals surface area contributed by atoms with Crippen LogP contribution in [-0.4, -0.2) is 0 Å². The molecule has 1 aromatic carbocycles. The fraction of sp³-hybridized carbons (Fsp3) is 0.167. The van der Waals surface area contributed by atoms with E-state index in [9.17, 15) is 0 Å². The summed E-state index contributed by atoms with van der Waals surface area (Å²) in [5.41, 5.74) is 7.90. The Morgan fingerprint density at radius 2 is 2.19 bits per heavy atom. The SMILES string of the molecule is Cc1ccc(N)cc1SCc1sccc1Br. The molecule has 0 unspecified atom stereocenters. The van der Waals surface area contributed by atoms with Gasteiger partial charge in [-0.05, 0) is 52.0 Å². The quantitative estimate of drug-likeness (QED) is 0.657. The van der Waals surface area contributed by atoms with Gasteiger partial charge in [-0.1, -0.05) is 6.07 Å². The van der Waals surface area contributed by atoms with Crippen LogP contribution in [0.2, 0.25) is 0 Å². The number of thiophene rings is 1. The lowest BCUT2D eigenvalue weighted by atomic mass is 10.2. The number of anilines is 1. The maximum absolute atomic E-state index is 5.79. The van der Waals surface area contributed by atoms with Gasteiger partial charge in [-0.15, -0.1) is 23.1 Å². The number of halogens is 1. The summed E-state index contributed by atoms with van der Waals surface area (Å²) in [5.74, 6) is 0.989. The van der Waals surface area contributed by atoms with Crippen molar-refractivity contribution in [3.8, 4) is 0 Å². The molecule has 4 heteroatoms. The molecule has 1 aromatic heterocycles. The van der Waals surface area contributed by atoms with Gasteiger partial charge >= 0.3 is 0 Å². The van der Waals surface area contributed by atoms with Crippen molar-refractivity contribution in [2.45, 2.75) is 17.6 Å². The van der Waals surface area contributed by atoms with Crippen molar-refractivity contribution in [3.63, 3.8) is 0 Å². The zero-order valence-electron chi connectivity index (χ0n) is 8.87. The third-order valence-electron chi connectivity index (χ3n) is 2.26. The summed E-state index contributed by atoms with van der Waals surface area (Å²) in [6.07, 6.45) is 0. The predicted molar refractivity (Wildman–Crippen MR) is 77.2 cm³/mol. The lowest BCUT2D eigenvalue weighted by Gasteiger charge is -2.06. The molecule has 0 saturated heterocycles. The number of aryl methyl sites for hydroxylation is 1. The first-order valence-corrected chi connectivity index (χ1v) is 7.53. The molecule has 0 fully saturated rings. The van der Waals surface area contributed by atoms with Gasteiger partial charge in [0.15, 0.2) is 0 Å². The van der Waals surface area contributed by atoms with Gasteiger partial charge in [0, 0.05) is 25.7 Å². The van der Waals surface area contributed by atoms with Crippen molar-refractivity contribution in [2.75, 3.05) is 5.73 Å². The molecule has 1 heterocycles. The fourth-order valence-corrected chi connectivity index (χ4v) is 4.21. The van der Waals surface area contributed by atoms with Crippen molar-refractivity contribution < 1.29 is 0 Å². The second-order valence-electron chi connectivity index (χ2n) is 3.51. The van der Waals surface area contributed by atoms with Gasteiger partial charge in [-0.3, -0.25) is 0 Å². The Hall–Kier alpha value is -0.450. The highest BCUT2D eigenvalue weighted by Gasteiger charge is 2.04. The van der Waals surface area contributed by atoms with Crippen LogP contribution in [0.15, 0.2) is 39.0 Å².